The monoisotopic (exact) mass is 528 g/mol. The molecule has 1 unspecified atom stereocenters. The number of benzene rings is 4. The molecule has 0 aliphatic carbocycles. The number of hydrogen-bond acceptors (Lipinski definition) is 6. The van der Waals surface area contributed by atoms with Gasteiger partial charge in [0.05, 0.1) is 27.0 Å². The van der Waals surface area contributed by atoms with Crippen molar-refractivity contribution >= 4 is 35.0 Å². The van der Waals surface area contributed by atoms with Crippen LogP contribution in [-0.2, 0) is 4.79 Å². The lowest BCUT2D eigenvalue weighted by Gasteiger charge is -2.19. The molecule has 7 nitrogen and oxygen atoms in total. The van der Waals surface area contributed by atoms with E-state index in [1.54, 1.807) is 63.8 Å². The molecule has 2 N–H and O–H groups in total. The Morgan fingerprint density at radius 2 is 1.42 bits per heavy atom. The van der Waals surface area contributed by atoms with Gasteiger partial charge < -0.3 is 24.8 Å². The summed E-state index contributed by atoms with van der Waals surface area (Å²) in [5, 5.41) is 5.35. The number of nitrogens with one attached hydrogen (secondary N) is 2. The summed E-state index contributed by atoms with van der Waals surface area (Å²) in [6, 6.07) is 29.1. The number of thioether (sulfide) groups is 1. The van der Waals surface area contributed by atoms with Crippen molar-refractivity contribution in [3.8, 4) is 17.2 Å². The van der Waals surface area contributed by atoms with Crippen molar-refractivity contribution in [3.05, 3.63) is 108 Å². The molecule has 0 saturated heterocycles. The second-order valence-electron chi connectivity index (χ2n) is 8.17. The Labute approximate surface area is 226 Å². The summed E-state index contributed by atoms with van der Waals surface area (Å²) < 4.78 is 15.9. The van der Waals surface area contributed by atoms with Crippen molar-refractivity contribution in [2.75, 3.05) is 32.0 Å². The molecule has 0 aliphatic heterocycles. The van der Waals surface area contributed by atoms with Gasteiger partial charge in [0, 0.05) is 22.2 Å². The van der Waals surface area contributed by atoms with Crippen LogP contribution < -0.4 is 24.8 Å². The molecule has 0 bridgehead atoms. The molecule has 4 aromatic carbocycles. The smallest absolute Gasteiger partial charge is 0.255 e. The highest BCUT2D eigenvalue weighted by atomic mass is 32.2. The van der Waals surface area contributed by atoms with Gasteiger partial charge in [-0.3, -0.25) is 9.59 Å². The zero-order valence-corrected chi connectivity index (χ0v) is 22.1. The van der Waals surface area contributed by atoms with E-state index in [0.717, 1.165) is 10.5 Å². The second-order valence-corrected chi connectivity index (χ2v) is 9.35. The van der Waals surface area contributed by atoms with Crippen molar-refractivity contribution in [1.82, 2.24) is 0 Å². The fourth-order valence-corrected chi connectivity index (χ4v) is 4.81. The van der Waals surface area contributed by atoms with E-state index in [0.29, 0.717) is 34.2 Å². The molecular weight excluding hydrogens is 500 g/mol. The third-order valence-electron chi connectivity index (χ3n) is 5.71. The molecule has 0 heterocycles. The maximum Gasteiger partial charge on any atom is 0.255 e. The average Bonchev–Trinajstić information content (AvgIpc) is 2.96. The van der Waals surface area contributed by atoms with Crippen LogP contribution in [-0.4, -0.2) is 33.1 Å². The SMILES string of the molecule is COc1ccc(C(=O)Nc2cccc(SC(C(=O)Nc3ccc(OC)cc3OC)c3ccccc3)c2)cc1. The first kappa shape index (κ1) is 26.6. The van der Waals surface area contributed by atoms with E-state index in [2.05, 4.69) is 10.6 Å². The number of methoxy groups -OCH3 is 3. The van der Waals surface area contributed by atoms with Gasteiger partial charge in [-0.05, 0) is 60.2 Å². The van der Waals surface area contributed by atoms with Crippen LogP contribution in [0, 0.1) is 0 Å². The number of anilines is 2. The van der Waals surface area contributed by atoms with E-state index in [-0.39, 0.29) is 11.8 Å². The van der Waals surface area contributed by atoms with Crippen molar-refractivity contribution < 1.29 is 23.8 Å². The standard InChI is InChI=1S/C30H28N2O5S/c1-35-23-14-12-21(13-15-23)29(33)31-22-10-7-11-25(18-22)38-28(20-8-5-4-6-9-20)30(34)32-26-17-16-24(36-2)19-27(26)37-3/h4-19,28H,1-3H3,(H,31,33)(H,32,34). The minimum Gasteiger partial charge on any atom is -0.497 e. The van der Waals surface area contributed by atoms with Gasteiger partial charge >= 0.3 is 0 Å². The molecule has 0 aliphatic rings. The number of amides is 2. The van der Waals surface area contributed by atoms with Crippen LogP contribution in [0.2, 0.25) is 0 Å². The number of carbonyl (C=O) groups excluding carboxylic acids is 2. The lowest BCUT2D eigenvalue weighted by molar-refractivity contribution is -0.115. The molecule has 4 rings (SSSR count). The van der Waals surface area contributed by atoms with Crippen LogP contribution in [0.4, 0.5) is 11.4 Å². The Kier molecular flexibility index (Phi) is 8.89. The van der Waals surface area contributed by atoms with E-state index in [1.807, 2.05) is 54.6 Å². The number of rotatable bonds is 10. The lowest BCUT2D eigenvalue weighted by atomic mass is 10.1. The Balaban J connectivity index is 1.54. The molecule has 2 amide bonds. The van der Waals surface area contributed by atoms with Gasteiger partial charge in [0.25, 0.3) is 5.91 Å². The van der Waals surface area contributed by atoms with Crippen LogP contribution in [0.25, 0.3) is 0 Å². The van der Waals surface area contributed by atoms with E-state index < -0.39 is 5.25 Å². The minimum atomic E-state index is -0.560. The van der Waals surface area contributed by atoms with Crippen molar-refractivity contribution in [2.24, 2.45) is 0 Å². The van der Waals surface area contributed by atoms with Crippen LogP contribution in [0.3, 0.4) is 0 Å². The van der Waals surface area contributed by atoms with Gasteiger partial charge in [0.15, 0.2) is 0 Å². The highest BCUT2D eigenvalue weighted by Gasteiger charge is 2.23. The highest BCUT2D eigenvalue weighted by molar-refractivity contribution is 8.00. The second kappa shape index (κ2) is 12.7. The molecule has 1 atom stereocenters. The molecule has 194 valence electrons. The highest BCUT2D eigenvalue weighted by Crippen LogP contribution is 2.38. The van der Waals surface area contributed by atoms with Gasteiger partial charge in [-0.1, -0.05) is 36.4 Å². The molecule has 0 radical (unpaired) electrons. The molecule has 4 aromatic rings. The summed E-state index contributed by atoms with van der Waals surface area (Å²) in [5.74, 6) is 1.36. The zero-order valence-electron chi connectivity index (χ0n) is 21.3. The summed E-state index contributed by atoms with van der Waals surface area (Å²) in [7, 11) is 4.69. The first-order valence-corrected chi connectivity index (χ1v) is 12.7. The summed E-state index contributed by atoms with van der Waals surface area (Å²) in [6.07, 6.45) is 0. The Morgan fingerprint density at radius 1 is 0.711 bits per heavy atom. The normalized spacial score (nSPS) is 11.2. The summed E-state index contributed by atoms with van der Waals surface area (Å²) in [6.45, 7) is 0. The van der Waals surface area contributed by atoms with Crippen molar-refractivity contribution in [1.29, 1.82) is 0 Å². The van der Waals surface area contributed by atoms with Gasteiger partial charge in [-0.15, -0.1) is 11.8 Å². The van der Waals surface area contributed by atoms with Crippen molar-refractivity contribution in [3.63, 3.8) is 0 Å². The first-order chi connectivity index (χ1) is 18.5. The molecule has 0 saturated carbocycles. The fraction of sp³-hybridized carbons (Fsp3) is 0.133. The molecule has 38 heavy (non-hydrogen) atoms. The van der Waals surface area contributed by atoms with E-state index in [9.17, 15) is 9.59 Å². The molecule has 0 spiro atoms. The quantitative estimate of drug-likeness (QED) is 0.231. The lowest BCUT2D eigenvalue weighted by Crippen LogP contribution is -2.19. The van der Waals surface area contributed by atoms with Gasteiger partial charge in [0.2, 0.25) is 5.91 Å². The largest absolute Gasteiger partial charge is 0.497 e. The van der Waals surface area contributed by atoms with E-state index >= 15 is 0 Å². The van der Waals surface area contributed by atoms with Gasteiger partial charge in [0.1, 0.15) is 22.5 Å². The topological polar surface area (TPSA) is 85.9 Å². The predicted molar refractivity (Wildman–Crippen MR) is 151 cm³/mol. The minimum absolute atomic E-state index is 0.211. The molecule has 8 heteroatoms. The zero-order chi connectivity index (χ0) is 26.9. The van der Waals surface area contributed by atoms with Crippen LogP contribution in [0.15, 0.2) is 102 Å². The van der Waals surface area contributed by atoms with Crippen LogP contribution >= 0.6 is 11.8 Å². The Hall–Kier alpha value is -4.43. The summed E-state index contributed by atoms with van der Waals surface area (Å²) in [5.41, 5.74) is 2.52. The van der Waals surface area contributed by atoms with Crippen molar-refractivity contribution in [2.45, 2.75) is 10.1 Å². The number of ether oxygens (including phenoxy) is 3. The summed E-state index contributed by atoms with van der Waals surface area (Å²) >= 11 is 1.39. The molecule has 0 aromatic heterocycles. The molecular formula is C30H28N2O5S. The third kappa shape index (κ3) is 6.66. The fourth-order valence-electron chi connectivity index (χ4n) is 3.73. The van der Waals surface area contributed by atoms with Gasteiger partial charge in [-0.25, -0.2) is 0 Å². The van der Waals surface area contributed by atoms with E-state index in [4.69, 9.17) is 14.2 Å². The van der Waals surface area contributed by atoms with E-state index in [1.165, 1.54) is 11.8 Å². The Bertz CT molecular complexity index is 1390. The van der Waals surface area contributed by atoms with Crippen LogP contribution in [0.5, 0.6) is 17.2 Å². The van der Waals surface area contributed by atoms with Gasteiger partial charge in [-0.2, -0.15) is 0 Å². The molecule has 0 fully saturated rings. The maximum absolute atomic E-state index is 13.5. The first-order valence-electron chi connectivity index (χ1n) is 11.8. The maximum atomic E-state index is 13.5. The third-order valence-corrected chi connectivity index (χ3v) is 6.95. The number of carbonyl (C=O) groups is 2. The average molecular weight is 529 g/mol. The van der Waals surface area contributed by atoms with Crippen LogP contribution in [0.1, 0.15) is 21.2 Å². The number of hydrogen-bond donors (Lipinski definition) is 2. The Morgan fingerprint density at radius 3 is 2.11 bits per heavy atom. The summed E-state index contributed by atoms with van der Waals surface area (Å²) in [4.78, 5) is 27.1. The predicted octanol–water partition coefficient (Wildman–Crippen LogP) is 6.44.